The Balaban J connectivity index is 2.26. The number of carbonyl (C=O) groups is 1. The minimum atomic E-state index is -1.22. The van der Waals surface area contributed by atoms with Crippen molar-refractivity contribution in [3.63, 3.8) is 0 Å². The Hall–Kier alpha value is -0.753. The molecular formula is C11H19NOSi. The van der Waals surface area contributed by atoms with E-state index in [2.05, 4.69) is 31.1 Å². The number of rotatable bonds is 2. The van der Waals surface area contributed by atoms with E-state index in [-0.39, 0.29) is 0 Å². The molecule has 78 valence electrons. The van der Waals surface area contributed by atoms with Gasteiger partial charge in [-0.3, -0.25) is 4.79 Å². The van der Waals surface area contributed by atoms with Crippen molar-refractivity contribution >= 4 is 14.0 Å². The van der Waals surface area contributed by atoms with Gasteiger partial charge >= 0.3 is 0 Å². The van der Waals surface area contributed by atoms with Gasteiger partial charge in [0.1, 0.15) is 8.07 Å². The first-order valence-electron chi connectivity index (χ1n) is 5.27. The van der Waals surface area contributed by atoms with Crippen LogP contribution in [0.15, 0.2) is 0 Å². The van der Waals surface area contributed by atoms with E-state index < -0.39 is 8.07 Å². The van der Waals surface area contributed by atoms with Gasteiger partial charge in [0.25, 0.3) is 0 Å². The molecule has 0 unspecified atom stereocenters. The van der Waals surface area contributed by atoms with Crippen molar-refractivity contribution in [2.24, 2.45) is 0 Å². The fraction of sp³-hybridized carbons (Fsp3) is 0.727. The zero-order chi connectivity index (χ0) is 10.6. The topological polar surface area (TPSA) is 20.3 Å². The smallest absolute Gasteiger partial charge is 0.222 e. The molecule has 1 saturated heterocycles. The van der Waals surface area contributed by atoms with Gasteiger partial charge in [0, 0.05) is 25.9 Å². The number of likely N-dealkylation sites (tertiary alicyclic amines) is 1. The largest absolute Gasteiger partial charge is 0.342 e. The normalized spacial score (nSPS) is 16.8. The van der Waals surface area contributed by atoms with Gasteiger partial charge < -0.3 is 4.90 Å². The molecule has 2 nitrogen and oxygen atoms in total. The lowest BCUT2D eigenvalue weighted by Crippen LogP contribution is -2.25. The molecule has 0 spiro atoms. The second-order valence-electron chi connectivity index (χ2n) is 4.79. The summed E-state index contributed by atoms with van der Waals surface area (Å²) in [6, 6.07) is 0. The summed E-state index contributed by atoms with van der Waals surface area (Å²) in [5.41, 5.74) is 3.31. The summed E-state index contributed by atoms with van der Waals surface area (Å²) >= 11 is 0. The van der Waals surface area contributed by atoms with E-state index in [1.807, 2.05) is 4.90 Å². The maximum Gasteiger partial charge on any atom is 0.222 e. The summed E-state index contributed by atoms with van der Waals surface area (Å²) in [5, 5.41) is 0. The van der Waals surface area contributed by atoms with Crippen LogP contribution in [0.1, 0.15) is 19.3 Å². The molecule has 0 radical (unpaired) electrons. The van der Waals surface area contributed by atoms with Crippen LogP contribution in [0.3, 0.4) is 0 Å². The minimum Gasteiger partial charge on any atom is -0.342 e. The second-order valence-corrected chi connectivity index (χ2v) is 9.54. The third-order valence-corrected chi connectivity index (χ3v) is 3.07. The predicted molar refractivity (Wildman–Crippen MR) is 61.6 cm³/mol. The Bertz CT molecular complexity index is 269. The number of hydrogen-bond donors (Lipinski definition) is 0. The summed E-state index contributed by atoms with van der Waals surface area (Å²) in [4.78, 5) is 13.2. The van der Waals surface area contributed by atoms with Crippen LogP contribution < -0.4 is 0 Å². The van der Waals surface area contributed by atoms with Crippen LogP contribution in [-0.4, -0.2) is 32.0 Å². The summed E-state index contributed by atoms with van der Waals surface area (Å²) in [5.74, 6) is 3.50. The SMILES string of the molecule is C[Si](C)(C)C#CCCN1CCCC1=O. The van der Waals surface area contributed by atoms with Gasteiger partial charge in [0.05, 0.1) is 0 Å². The molecule has 0 aromatic carbocycles. The van der Waals surface area contributed by atoms with Crippen molar-refractivity contribution in [3.8, 4) is 11.5 Å². The van der Waals surface area contributed by atoms with Gasteiger partial charge in [0.15, 0.2) is 0 Å². The van der Waals surface area contributed by atoms with E-state index in [0.717, 1.165) is 32.4 Å². The molecule has 0 saturated carbocycles. The average molecular weight is 209 g/mol. The Morgan fingerprint density at radius 2 is 2.14 bits per heavy atom. The Morgan fingerprint density at radius 1 is 1.43 bits per heavy atom. The van der Waals surface area contributed by atoms with E-state index in [9.17, 15) is 4.79 Å². The van der Waals surface area contributed by atoms with E-state index >= 15 is 0 Å². The Labute approximate surface area is 87.7 Å². The molecule has 3 heteroatoms. The van der Waals surface area contributed by atoms with Crippen molar-refractivity contribution in [3.05, 3.63) is 0 Å². The van der Waals surface area contributed by atoms with Crippen LogP contribution in [0, 0.1) is 11.5 Å². The van der Waals surface area contributed by atoms with E-state index in [0.29, 0.717) is 5.91 Å². The van der Waals surface area contributed by atoms with Crippen LogP contribution >= 0.6 is 0 Å². The van der Waals surface area contributed by atoms with Crippen LogP contribution in [0.2, 0.25) is 19.6 Å². The first kappa shape index (κ1) is 11.3. The zero-order valence-corrected chi connectivity index (χ0v) is 10.4. The van der Waals surface area contributed by atoms with Crippen LogP contribution in [0.5, 0.6) is 0 Å². The highest BCUT2D eigenvalue weighted by Crippen LogP contribution is 2.09. The molecule has 14 heavy (non-hydrogen) atoms. The van der Waals surface area contributed by atoms with E-state index in [1.54, 1.807) is 0 Å². The van der Waals surface area contributed by atoms with E-state index in [4.69, 9.17) is 0 Å². The van der Waals surface area contributed by atoms with E-state index in [1.165, 1.54) is 0 Å². The summed E-state index contributed by atoms with van der Waals surface area (Å²) in [6.45, 7) is 8.48. The minimum absolute atomic E-state index is 0.305. The lowest BCUT2D eigenvalue weighted by molar-refractivity contribution is -0.127. The standard InChI is InChI=1S/C11H19NOSi/c1-14(2,3)10-5-4-8-12-9-6-7-11(12)13/h4,6-9H2,1-3H3. The molecule has 0 N–H and O–H groups in total. The van der Waals surface area contributed by atoms with Crippen molar-refractivity contribution in [1.29, 1.82) is 0 Å². The van der Waals surface area contributed by atoms with Gasteiger partial charge in [-0.05, 0) is 6.42 Å². The van der Waals surface area contributed by atoms with Crippen LogP contribution in [0.25, 0.3) is 0 Å². The third kappa shape index (κ3) is 3.97. The van der Waals surface area contributed by atoms with Gasteiger partial charge in [-0.15, -0.1) is 11.5 Å². The quantitative estimate of drug-likeness (QED) is 0.502. The Morgan fingerprint density at radius 3 is 2.64 bits per heavy atom. The maximum absolute atomic E-state index is 11.3. The molecule has 0 aliphatic carbocycles. The molecule has 1 aliphatic heterocycles. The van der Waals surface area contributed by atoms with Crippen molar-refractivity contribution < 1.29 is 4.79 Å². The second kappa shape index (κ2) is 4.65. The average Bonchev–Trinajstić information content (AvgIpc) is 2.44. The first-order valence-corrected chi connectivity index (χ1v) is 8.77. The molecular weight excluding hydrogens is 190 g/mol. The number of nitrogens with zero attached hydrogens (tertiary/aromatic N) is 1. The maximum atomic E-state index is 11.3. The molecule has 1 fully saturated rings. The third-order valence-electron chi connectivity index (χ3n) is 2.14. The lowest BCUT2D eigenvalue weighted by Gasteiger charge is -2.12. The molecule has 0 atom stereocenters. The number of hydrogen-bond acceptors (Lipinski definition) is 1. The molecule has 1 amide bonds. The van der Waals surface area contributed by atoms with Gasteiger partial charge in [0.2, 0.25) is 5.91 Å². The van der Waals surface area contributed by atoms with Crippen LogP contribution in [-0.2, 0) is 4.79 Å². The highest BCUT2D eigenvalue weighted by molar-refractivity contribution is 6.83. The first-order chi connectivity index (χ1) is 6.49. The predicted octanol–water partition coefficient (Wildman–Crippen LogP) is 1.88. The van der Waals surface area contributed by atoms with Crippen molar-refractivity contribution in [2.75, 3.05) is 13.1 Å². The van der Waals surface area contributed by atoms with Crippen molar-refractivity contribution in [2.45, 2.75) is 38.9 Å². The molecule has 0 aromatic heterocycles. The number of carbonyl (C=O) groups excluding carboxylic acids is 1. The molecule has 1 rings (SSSR count). The summed E-state index contributed by atoms with van der Waals surface area (Å²) in [7, 11) is -1.22. The highest BCUT2D eigenvalue weighted by atomic mass is 28.3. The molecule has 0 bridgehead atoms. The van der Waals surface area contributed by atoms with Gasteiger partial charge in [-0.25, -0.2) is 0 Å². The van der Waals surface area contributed by atoms with Gasteiger partial charge in [-0.2, -0.15) is 0 Å². The van der Waals surface area contributed by atoms with Crippen LogP contribution in [0.4, 0.5) is 0 Å². The zero-order valence-electron chi connectivity index (χ0n) is 9.39. The lowest BCUT2D eigenvalue weighted by atomic mass is 10.4. The number of amides is 1. The van der Waals surface area contributed by atoms with Crippen molar-refractivity contribution in [1.82, 2.24) is 4.90 Å². The van der Waals surface area contributed by atoms with Gasteiger partial charge in [-0.1, -0.05) is 19.6 Å². The Kier molecular flexibility index (Phi) is 3.76. The molecule has 0 aromatic rings. The fourth-order valence-electron chi connectivity index (χ4n) is 1.46. The highest BCUT2D eigenvalue weighted by Gasteiger charge is 2.18. The fourth-order valence-corrected chi connectivity index (χ4v) is 2.11. The summed E-state index contributed by atoms with van der Waals surface area (Å²) in [6.07, 6.45) is 2.61. The molecule has 1 heterocycles. The monoisotopic (exact) mass is 209 g/mol. The molecule has 1 aliphatic rings. The summed E-state index contributed by atoms with van der Waals surface area (Å²) < 4.78 is 0.